The Hall–Kier alpha value is -5.11. The van der Waals surface area contributed by atoms with E-state index < -0.39 is 23.4 Å². The van der Waals surface area contributed by atoms with Crippen molar-refractivity contribution in [1.82, 2.24) is 30.0 Å². The first-order chi connectivity index (χ1) is 20.1. The number of methoxy groups -OCH3 is 1. The van der Waals surface area contributed by atoms with E-state index in [4.69, 9.17) is 24.7 Å². The van der Waals surface area contributed by atoms with Crippen molar-refractivity contribution in [3.05, 3.63) is 81.8 Å². The van der Waals surface area contributed by atoms with Gasteiger partial charge in [-0.2, -0.15) is 0 Å². The van der Waals surface area contributed by atoms with Crippen LogP contribution in [0.1, 0.15) is 49.3 Å². The minimum atomic E-state index is -0.681. The monoisotopic (exact) mass is 576 g/mol. The van der Waals surface area contributed by atoms with E-state index in [1.807, 2.05) is 6.07 Å². The number of benzene rings is 2. The van der Waals surface area contributed by atoms with Gasteiger partial charge in [-0.15, -0.1) is 9.78 Å². The molecule has 0 fully saturated rings. The summed E-state index contributed by atoms with van der Waals surface area (Å²) in [5.41, 5.74) is 8.33. The molecule has 1 amide bonds. The summed E-state index contributed by atoms with van der Waals surface area (Å²) >= 11 is 0. The lowest BCUT2D eigenvalue weighted by Crippen LogP contribution is -2.32. The maximum atomic E-state index is 12.9. The van der Waals surface area contributed by atoms with Crippen LogP contribution in [0.4, 0.5) is 16.2 Å². The molecule has 1 aliphatic heterocycles. The first-order valence-corrected chi connectivity index (χ1v) is 13.1. The smallest absolute Gasteiger partial charge is 0.407 e. The van der Waals surface area contributed by atoms with Crippen LogP contribution in [-0.2, 0) is 22.6 Å². The minimum absolute atomic E-state index is 0.116. The topological polar surface area (TPSA) is 181 Å². The SMILES string of the molecule is COc1cc(C(Nc2ccc(N)c(CNC(=O)OC(C)(C)C)c2)c2nn(-c3ncccn3)c(=O)[nH]2)cc2c1OCOC2. The Balaban J connectivity index is 1.51. The largest absolute Gasteiger partial charge is 0.493 e. The molecule has 5 N–H and O–H groups in total. The molecule has 2 aromatic heterocycles. The van der Waals surface area contributed by atoms with Gasteiger partial charge in [-0.1, -0.05) is 0 Å². The molecule has 14 heteroatoms. The van der Waals surface area contributed by atoms with Gasteiger partial charge in [-0.05, 0) is 68.3 Å². The summed E-state index contributed by atoms with van der Waals surface area (Å²) in [6.07, 6.45) is 2.48. The molecule has 5 rings (SSSR count). The van der Waals surface area contributed by atoms with E-state index in [2.05, 4.69) is 30.7 Å². The van der Waals surface area contributed by atoms with E-state index in [0.29, 0.717) is 40.6 Å². The molecule has 0 spiro atoms. The average molecular weight is 577 g/mol. The number of alkyl carbamates (subject to hydrolysis) is 1. The molecule has 0 bridgehead atoms. The lowest BCUT2D eigenvalue weighted by molar-refractivity contribution is -0.0180. The number of carbonyl (C=O) groups excluding carboxylic acids is 1. The number of hydrogen-bond donors (Lipinski definition) is 4. The van der Waals surface area contributed by atoms with Crippen LogP contribution in [-0.4, -0.2) is 50.3 Å². The molecule has 4 aromatic rings. The summed E-state index contributed by atoms with van der Waals surface area (Å²) < 4.78 is 23.2. The Kier molecular flexibility index (Phi) is 7.97. The normalized spacial score (nSPS) is 13.4. The van der Waals surface area contributed by atoms with E-state index in [1.54, 1.807) is 58.2 Å². The van der Waals surface area contributed by atoms with Gasteiger partial charge in [0, 0.05) is 35.9 Å². The van der Waals surface area contributed by atoms with Crippen molar-refractivity contribution in [2.24, 2.45) is 0 Å². The Bertz CT molecular complexity index is 1610. The maximum absolute atomic E-state index is 12.9. The van der Waals surface area contributed by atoms with Crippen LogP contribution in [0.25, 0.3) is 5.95 Å². The molecule has 42 heavy (non-hydrogen) atoms. The van der Waals surface area contributed by atoms with Gasteiger partial charge in [-0.25, -0.2) is 19.6 Å². The maximum Gasteiger partial charge on any atom is 0.407 e. The van der Waals surface area contributed by atoms with E-state index in [1.165, 1.54) is 12.4 Å². The lowest BCUT2D eigenvalue weighted by Gasteiger charge is -2.24. The number of amides is 1. The Morgan fingerprint density at radius 3 is 2.74 bits per heavy atom. The number of aromatic amines is 1. The number of carbonyl (C=O) groups is 1. The fraction of sp³-hybridized carbons (Fsp3) is 0.321. The highest BCUT2D eigenvalue weighted by Gasteiger charge is 2.26. The number of anilines is 2. The number of rotatable bonds is 8. The van der Waals surface area contributed by atoms with E-state index >= 15 is 0 Å². The number of nitrogens with two attached hydrogens (primary N) is 1. The quantitative estimate of drug-likeness (QED) is 0.226. The molecular weight excluding hydrogens is 544 g/mol. The standard InChI is InChI=1S/C28H32N8O6/c1-28(2,3)42-27(38)32-13-17-11-19(6-7-20(17)29)33-22(16-10-18-14-40-15-41-23(18)21(12-16)39-4)24-34-26(37)36(35-24)25-30-8-5-9-31-25/h5-12,22,33H,13-15,29H2,1-4H3,(H,32,38)(H,34,35,37). The second kappa shape index (κ2) is 11.8. The van der Waals surface area contributed by atoms with Crippen molar-refractivity contribution in [3.63, 3.8) is 0 Å². The molecule has 0 radical (unpaired) electrons. The van der Waals surface area contributed by atoms with Gasteiger partial charge in [0.2, 0.25) is 0 Å². The van der Waals surface area contributed by atoms with Crippen molar-refractivity contribution in [2.75, 3.05) is 25.0 Å². The Morgan fingerprint density at radius 2 is 2.00 bits per heavy atom. The molecule has 2 aromatic carbocycles. The van der Waals surface area contributed by atoms with Crippen molar-refractivity contribution in [3.8, 4) is 17.4 Å². The predicted octanol–water partition coefficient (Wildman–Crippen LogP) is 3.03. The number of fused-ring (bicyclic) bond motifs is 1. The van der Waals surface area contributed by atoms with E-state index in [0.717, 1.165) is 10.2 Å². The van der Waals surface area contributed by atoms with Gasteiger partial charge < -0.3 is 35.3 Å². The zero-order valence-corrected chi connectivity index (χ0v) is 23.6. The molecule has 0 aliphatic carbocycles. The van der Waals surface area contributed by atoms with Crippen LogP contribution in [0.15, 0.2) is 53.6 Å². The van der Waals surface area contributed by atoms with Crippen molar-refractivity contribution >= 4 is 17.5 Å². The molecule has 0 saturated carbocycles. The number of nitrogen functional groups attached to an aromatic ring is 1. The zero-order chi connectivity index (χ0) is 29.9. The number of hydrogen-bond acceptors (Lipinski definition) is 11. The van der Waals surface area contributed by atoms with Gasteiger partial charge in [0.05, 0.1) is 13.7 Å². The van der Waals surface area contributed by atoms with Gasteiger partial charge >= 0.3 is 11.8 Å². The van der Waals surface area contributed by atoms with E-state index in [9.17, 15) is 9.59 Å². The molecule has 3 heterocycles. The van der Waals surface area contributed by atoms with Crippen LogP contribution in [0.2, 0.25) is 0 Å². The molecule has 220 valence electrons. The second-order valence-corrected chi connectivity index (χ2v) is 10.4. The van der Waals surface area contributed by atoms with Crippen LogP contribution >= 0.6 is 0 Å². The van der Waals surface area contributed by atoms with Crippen molar-refractivity contribution < 1.29 is 23.7 Å². The highest BCUT2D eigenvalue weighted by atomic mass is 16.7. The van der Waals surface area contributed by atoms with Crippen LogP contribution < -0.4 is 31.5 Å². The zero-order valence-electron chi connectivity index (χ0n) is 23.6. The number of H-pyrrole nitrogens is 1. The van der Waals surface area contributed by atoms with Gasteiger partial charge in [0.15, 0.2) is 24.1 Å². The number of nitrogens with zero attached hydrogens (tertiary/aromatic N) is 4. The number of aromatic nitrogens is 5. The third-order valence-electron chi connectivity index (χ3n) is 6.18. The lowest BCUT2D eigenvalue weighted by atomic mass is 10.0. The summed E-state index contributed by atoms with van der Waals surface area (Å²) in [6, 6.07) is 9.98. The van der Waals surface area contributed by atoms with Crippen molar-refractivity contribution in [1.29, 1.82) is 0 Å². The molecule has 0 saturated heterocycles. The third-order valence-corrected chi connectivity index (χ3v) is 6.18. The fourth-order valence-corrected chi connectivity index (χ4v) is 4.34. The highest BCUT2D eigenvalue weighted by Crippen LogP contribution is 2.39. The number of ether oxygens (including phenoxy) is 4. The first-order valence-electron chi connectivity index (χ1n) is 13.1. The highest BCUT2D eigenvalue weighted by molar-refractivity contribution is 5.68. The summed E-state index contributed by atoms with van der Waals surface area (Å²) in [5, 5.41) is 10.7. The Labute approximate surface area is 241 Å². The molecule has 1 atom stereocenters. The van der Waals surface area contributed by atoms with Gasteiger partial charge in [-0.3, -0.25) is 4.98 Å². The molecular formula is C28H32N8O6. The van der Waals surface area contributed by atoms with E-state index in [-0.39, 0.29) is 25.1 Å². The third kappa shape index (κ3) is 6.44. The predicted molar refractivity (Wildman–Crippen MR) is 152 cm³/mol. The van der Waals surface area contributed by atoms with Crippen LogP contribution in [0.5, 0.6) is 11.5 Å². The molecule has 1 aliphatic rings. The minimum Gasteiger partial charge on any atom is -0.493 e. The van der Waals surface area contributed by atoms with Crippen LogP contribution in [0.3, 0.4) is 0 Å². The summed E-state index contributed by atoms with van der Waals surface area (Å²) in [6.45, 7) is 5.93. The number of nitrogens with one attached hydrogen (secondary N) is 3. The second-order valence-electron chi connectivity index (χ2n) is 10.4. The first kappa shape index (κ1) is 28.4. The van der Waals surface area contributed by atoms with Crippen molar-refractivity contribution in [2.45, 2.75) is 45.6 Å². The fourth-order valence-electron chi connectivity index (χ4n) is 4.34. The summed E-state index contributed by atoms with van der Waals surface area (Å²) in [7, 11) is 1.55. The summed E-state index contributed by atoms with van der Waals surface area (Å²) in [4.78, 5) is 36.3. The van der Waals surface area contributed by atoms with Crippen LogP contribution in [0, 0.1) is 0 Å². The van der Waals surface area contributed by atoms with Gasteiger partial charge in [0.1, 0.15) is 11.6 Å². The van der Waals surface area contributed by atoms with Gasteiger partial charge in [0.25, 0.3) is 5.95 Å². The molecule has 1 unspecified atom stereocenters. The molecule has 14 nitrogen and oxygen atoms in total. The Morgan fingerprint density at radius 1 is 1.21 bits per heavy atom. The average Bonchev–Trinajstić information content (AvgIpc) is 3.36. The summed E-state index contributed by atoms with van der Waals surface area (Å²) in [5.74, 6) is 1.50.